The fraction of sp³-hybridized carbons (Fsp3) is 1.00. The molecule has 1 aliphatic heterocycles. The van der Waals surface area contributed by atoms with Gasteiger partial charge in [-0.15, -0.1) is 0 Å². The van der Waals surface area contributed by atoms with E-state index in [0.717, 1.165) is 0 Å². The molecule has 1 aliphatic rings. The molecule has 1 rings (SSSR count). The first kappa shape index (κ1) is 17.7. The van der Waals surface area contributed by atoms with Crippen LogP contribution in [0.2, 0.25) is 0 Å². The minimum absolute atomic E-state index is 0.123. The summed E-state index contributed by atoms with van der Waals surface area (Å²) in [6.45, 7) is -1.63. The normalized spacial score (nSPS) is 36.6. The van der Waals surface area contributed by atoms with Gasteiger partial charge in [-0.3, -0.25) is 4.90 Å². The summed E-state index contributed by atoms with van der Waals surface area (Å²) in [5.41, 5.74) is 0. The highest BCUT2D eigenvalue weighted by Gasteiger charge is 2.42. The van der Waals surface area contributed by atoms with Crippen molar-refractivity contribution >= 4 is 0 Å². The van der Waals surface area contributed by atoms with Gasteiger partial charge in [0.05, 0.1) is 31.5 Å². The lowest BCUT2D eigenvalue weighted by molar-refractivity contribution is -0.158. The molecule has 1 saturated heterocycles. The Morgan fingerprint density at radius 3 is 2.05 bits per heavy atom. The maximum absolute atomic E-state index is 9.75. The Kier molecular flexibility index (Phi) is 6.72. The Labute approximate surface area is 115 Å². The predicted octanol–water partition coefficient (Wildman–Crippen LogP) is -5.18. The molecule has 0 aromatic carbocycles. The molecule has 0 saturated carbocycles. The maximum Gasteiger partial charge on any atom is 0.109 e. The molecule has 0 aliphatic carbocycles. The van der Waals surface area contributed by atoms with Crippen LogP contribution in [0.1, 0.15) is 0 Å². The van der Waals surface area contributed by atoms with Crippen LogP contribution < -0.4 is 0 Å². The summed E-state index contributed by atoms with van der Waals surface area (Å²) in [5, 5.41) is 75.2. The molecule has 0 bridgehead atoms. The van der Waals surface area contributed by atoms with E-state index in [1.807, 2.05) is 0 Å². The molecule has 0 amide bonds. The summed E-state index contributed by atoms with van der Waals surface area (Å²) in [4.78, 5) is 1.31. The number of aliphatic hydroxyl groups excluding tert-OH is 8. The first-order valence-corrected chi connectivity index (χ1v) is 6.37. The van der Waals surface area contributed by atoms with Crippen molar-refractivity contribution < 1.29 is 40.9 Å². The minimum Gasteiger partial charge on any atom is -0.395 e. The number of aliphatic hydroxyl groups is 8. The zero-order valence-electron chi connectivity index (χ0n) is 10.9. The SMILES string of the molecule is OC[C@@H]1[C@@H](O)[C@H](O)[C@@H](O)CN1C[C@@H](O)[C@H](O)[C@@H](O)CO. The number of hydrogen-bond acceptors (Lipinski definition) is 9. The number of likely N-dealkylation sites (tertiary alicyclic amines) is 1. The topological polar surface area (TPSA) is 165 Å². The van der Waals surface area contributed by atoms with E-state index in [-0.39, 0.29) is 13.1 Å². The van der Waals surface area contributed by atoms with Crippen molar-refractivity contribution in [2.75, 3.05) is 26.3 Å². The monoisotopic (exact) mass is 297 g/mol. The van der Waals surface area contributed by atoms with Gasteiger partial charge in [-0.2, -0.15) is 0 Å². The lowest BCUT2D eigenvalue weighted by Gasteiger charge is -2.44. The quantitative estimate of drug-likeness (QED) is 0.239. The van der Waals surface area contributed by atoms with Crippen molar-refractivity contribution in [3.05, 3.63) is 0 Å². The van der Waals surface area contributed by atoms with Gasteiger partial charge in [0, 0.05) is 13.1 Å². The van der Waals surface area contributed by atoms with Gasteiger partial charge >= 0.3 is 0 Å². The third-order valence-electron chi connectivity index (χ3n) is 3.61. The van der Waals surface area contributed by atoms with Crippen molar-refractivity contribution in [2.24, 2.45) is 0 Å². The second kappa shape index (κ2) is 7.59. The van der Waals surface area contributed by atoms with Crippen molar-refractivity contribution in [3.63, 3.8) is 0 Å². The summed E-state index contributed by atoms with van der Waals surface area (Å²) < 4.78 is 0. The molecular formula is C11H23NO8. The van der Waals surface area contributed by atoms with Crippen molar-refractivity contribution in [3.8, 4) is 0 Å². The minimum atomic E-state index is -1.61. The molecule has 8 N–H and O–H groups in total. The highest BCUT2D eigenvalue weighted by Crippen LogP contribution is 2.19. The second-order valence-electron chi connectivity index (χ2n) is 5.06. The maximum atomic E-state index is 9.75. The largest absolute Gasteiger partial charge is 0.395 e. The molecule has 9 nitrogen and oxygen atoms in total. The first-order chi connectivity index (χ1) is 9.33. The van der Waals surface area contributed by atoms with Gasteiger partial charge in [0.1, 0.15) is 24.4 Å². The molecule has 0 spiro atoms. The number of nitrogens with zero attached hydrogens (tertiary/aromatic N) is 1. The number of rotatable bonds is 6. The third kappa shape index (κ3) is 3.85. The third-order valence-corrected chi connectivity index (χ3v) is 3.61. The average Bonchev–Trinajstić information content (AvgIpc) is 2.43. The van der Waals surface area contributed by atoms with Crippen LogP contribution in [0.4, 0.5) is 0 Å². The fourth-order valence-corrected chi connectivity index (χ4v) is 2.30. The Morgan fingerprint density at radius 2 is 1.55 bits per heavy atom. The van der Waals surface area contributed by atoms with Crippen LogP contribution in [0.15, 0.2) is 0 Å². The number of piperidine rings is 1. The molecule has 0 unspecified atom stereocenters. The Hall–Kier alpha value is -0.360. The summed E-state index contributed by atoms with van der Waals surface area (Å²) in [7, 11) is 0. The van der Waals surface area contributed by atoms with Crippen LogP contribution in [-0.4, -0.2) is 115 Å². The molecule has 0 aromatic heterocycles. The van der Waals surface area contributed by atoms with Crippen LogP contribution in [0.3, 0.4) is 0 Å². The van der Waals surface area contributed by atoms with Gasteiger partial charge in [-0.25, -0.2) is 0 Å². The molecule has 0 aromatic rings. The Bertz CT molecular complexity index is 294. The average molecular weight is 297 g/mol. The van der Waals surface area contributed by atoms with Gasteiger partial charge < -0.3 is 40.9 Å². The first-order valence-electron chi connectivity index (χ1n) is 6.37. The standard InChI is InChI=1S/C11H23NO8/c13-3-5-9(18)11(20)7(16)2-12(5)1-6(15)10(19)8(17)4-14/h5-11,13-20H,1-4H2/t5-,6-,7+,8+,9-,10+,11-/m1/s1. The van der Waals surface area contributed by atoms with Crippen LogP contribution >= 0.6 is 0 Å². The van der Waals surface area contributed by atoms with Crippen LogP contribution in [0, 0.1) is 0 Å². The smallest absolute Gasteiger partial charge is 0.109 e. The highest BCUT2D eigenvalue weighted by atomic mass is 16.4. The van der Waals surface area contributed by atoms with Gasteiger partial charge in [-0.1, -0.05) is 0 Å². The molecule has 120 valence electrons. The van der Waals surface area contributed by atoms with Crippen LogP contribution in [0.25, 0.3) is 0 Å². The molecule has 7 atom stereocenters. The number of β-amino-alcohol motifs (C(OH)–C–C–N with tert-alkyl or cyclic N) is 2. The summed E-state index contributed by atoms with van der Waals surface area (Å²) in [6, 6.07) is -0.915. The van der Waals surface area contributed by atoms with Crippen LogP contribution in [0.5, 0.6) is 0 Å². The molecule has 1 heterocycles. The zero-order valence-corrected chi connectivity index (χ0v) is 10.9. The van der Waals surface area contributed by atoms with E-state index in [4.69, 9.17) is 5.11 Å². The molecule has 9 heteroatoms. The van der Waals surface area contributed by atoms with Crippen molar-refractivity contribution in [1.29, 1.82) is 0 Å². The van der Waals surface area contributed by atoms with Gasteiger partial charge in [-0.05, 0) is 0 Å². The van der Waals surface area contributed by atoms with E-state index in [1.165, 1.54) is 4.90 Å². The Morgan fingerprint density at radius 1 is 0.950 bits per heavy atom. The molecule has 0 radical (unpaired) electrons. The van der Waals surface area contributed by atoms with Crippen molar-refractivity contribution in [2.45, 2.75) is 42.7 Å². The van der Waals surface area contributed by atoms with Gasteiger partial charge in [0.25, 0.3) is 0 Å². The van der Waals surface area contributed by atoms with Gasteiger partial charge in [0.2, 0.25) is 0 Å². The molecule has 1 fully saturated rings. The van der Waals surface area contributed by atoms with E-state index < -0.39 is 55.9 Å². The van der Waals surface area contributed by atoms with E-state index >= 15 is 0 Å². The highest BCUT2D eigenvalue weighted by molar-refractivity contribution is 4.95. The predicted molar refractivity (Wildman–Crippen MR) is 65.6 cm³/mol. The lowest BCUT2D eigenvalue weighted by Crippen LogP contribution is -2.64. The lowest BCUT2D eigenvalue weighted by atomic mass is 9.93. The summed E-state index contributed by atoms with van der Waals surface area (Å²) in [5.74, 6) is 0. The molecular weight excluding hydrogens is 274 g/mol. The van der Waals surface area contributed by atoms with E-state index in [2.05, 4.69) is 0 Å². The zero-order chi connectivity index (χ0) is 15.4. The number of hydrogen-bond donors (Lipinski definition) is 8. The summed E-state index contributed by atoms with van der Waals surface area (Å²) >= 11 is 0. The Balaban J connectivity index is 2.69. The van der Waals surface area contributed by atoms with E-state index in [1.54, 1.807) is 0 Å². The van der Waals surface area contributed by atoms with E-state index in [9.17, 15) is 35.7 Å². The molecule has 20 heavy (non-hydrogen) atoms. The fourth-order valence-electron chi connectivity index (χ4n) is 2.30. The van der Waals surface area contributed by atoms with E-state index in [0.29, 0.717) is 0 Å². The second-order valence-corrected chi connectivity index (χ2v) is 5.06. The van der Waals surface area contributed by atoms with Gasteiger partial charge in [0.15, 0.2) is 0 Å². The summed E-state index contributed by atoms with van der Waals surface area (Å²) in [6.07, 6.45) is -8.67. The van der Waals surface area contributed by atoms with Crippen molar-refractivity contribution in [1.82, 2.24) is 4.90 Å². The van der Waals surface area contributed by atoms with Crippen LogP contribution in [-0.2, 0) is 0 Å².